The average Bonchev–Trinajstić information content (AvgIpc) is 2.61. The molecule has 0 aromatic heterocycles. The van der Waals surface area contributed by atoms with Crippen molar-refractivity contribution in [1.82, 2.24) is 0 Å². The first-order chi connectivity index (χ1) is 11.8. The van der Waals surface area contributed by atoms with Crippen LogP contribution < -0.4 is 5.32 Å². The molecule has 0 aliphatic rings. The lowest BCUT2D eigenvalue weighted by Crippen LogP contribution is -2.11. The zero-order valence-corrected chi connectivity index (χ0v) is 14.0. The molecule has 1 amide bonds. The number of nitrogens with one attached hydrogen (secondary N) is 1. The average molecular weight is 323 g/mol. The molecule has 2 aromatic carbocycles. The molecule has 0 fully saturated rings. The molecule has 0 bridgehead atoms. The molecule has 0 heterocycles. The Morgan fingerprint density at radius 2 is 1.50 bits per heavy atom. The molecule has 0 saturated heterocycles. The van der Waals surface area contributed by atoms with Gasteiger partial charge in [-0.1, -0.05) is 42.5 Å². The summed E-state index contributed by atoms with van der Waals surface area (Å²) in [5.41, 5.74) is 3.35. The minimum absolute atomic E-state index is 0.0665. The van der Waals surface area contributed by atoms with Crippen LogP contribution in [0, 0.1) is 0 Å². The molecule has 0 saturated carbocycles. The summed E-state index contributed by atoms with van der Waals surface area (Å²) in [6, 6.07) is 18.2. The lowest BCUT2D eigenvalue weighted by atomic mass is 10.1. The van der Waals surface area contributed by atoms with E-state index in [0.29, 0.717) is 12.8 Å². The normalized spacial score (nSPS) is 10.3. The summed E-state index contributed by atoms with van der Waals surface area (Å²) in [6.45, 7) is 0. The highest BCUT2D eigenvalue weighted by Crippen LogP contribution is 2.13. The number of amides is 1. The van der Waals surface area contributed by atoms with Crippen LogP contribution in [-0.2, 0) is 22.4 Å². The minimum Gasteiger partial charge on any atom is -0.326 e. The van der Waals surface area contributed by atoms with Gasteiger partial charge in [0.2, 0.25) is 5.91 Å². The van der Waals surface area contributed by atoms with E-state index in [9.17, 15) is 9.59 Å². The fourth-order valence-corrected chi connectivity index (χ4v) is 2.63. The molecule has 1 N–H and O–H groups in total. The fourth-order valence-electron chi connectivity index (χ4n) is 2.63. The van der Waals surface area contributed by atoms with Gasteiger partial charge in [-0.3, -0.25) is 4.79 Å². The van der Waals surface area contributed by atoms with Crippen molar-refractivity contribution in [3.05, 3.63) is 65.7 Å². The van der Waals surface area contributed by atoms with Crippen molar-refractivity contribution >= 4 is 17.9 Å². The molecule has 2 rings (SSSR count). The van der Waals surface area contributed by atoms with Crippen LogP contribution in [0.2, 0.25) is 0 Å². The summed E-state index contributed by atoms with van der Waals surface area (Å²) in [4.78, 5) is 22.3. The number of carbonyl (C=O) groups is 2. The number of hydrogen-bond acceptors (Lipinski definition) is 2. The summed E-state index contributed by atoms with van der Waals surface area (Å²) < 4.78 is 0. The third kappa shape index (κ3) is 6.78. The first kappa shape index (κ1) is 17.9. The summed E-state index contributed by atoms with van der Waals surface area (Å²) in [6.07, 6.45) is 6.80. The van der Waals surface area contributed by atoms with Gasteiger partial charge in [0, 0.05) is 18.5 Å². The number of unbranched alkanes of at least 4 members (excludes halogenated alkanes) is 2. The number of rotatable bonds is 10. The van der Waals surface area contributed by atoms with Gasteiger partial charge in [0.1, 0.15) is 6.29 Å². The molecule has 0 unspecified atom stereocenters. The quantitative estimate of drug-likeness (QED) is 0.514. The van der Waals surface area contributed by atoms with Gasteiger partial charge in [0.15, 0.2) is 0 Å². The number of benzene rings is 2. The molecule has 0 spiro atoms. The van der Waals surface area contributed by atoms with Crippen LogP contribution in [0.3, 0.4) is 0 Å². The topological polar surface area (TPSA) is 46.2 Å². The zero-order valence-electron chi connectivity index (χ0n) is 14.0. The third-order valence-electron chi connectivity index (χ3n) is 3.99. The van der Waals surface area contributed by atoms with Crippen molar-refractivity contribution in [2.45, 2.75) is 44.9 Å². The van der Waals surface area contributed by atoms with Crippen LogP contribution in [0.1, 0.15) is 43.2 Å². The van der Waals surface area contributed by atoms with Gasteiger partial charge >= 0.3 is 0 Å². The first-order valence-electron chi connectivity index (χ1n) is 8.64. The van der Waals surface area contributed by atoms with E-state index >= 15 is 0 Å². The molecule has 3 nitrogen and oxygen atoms in total. The van der Waals surface area contributed by atoms with Gasteiger partial charge in [-0.05, 0) is 55.4 Å². The molecular formula is C21H25NO2. The maximum atomic E-state index is 12.0. The Morgan fingerprint density at radius 3 is 2.21 bits per heavy atom. The Hall–Kier alpha value is -2.42. The van der Waals surface area contributed by atoms with Crippen molar-refractivity contribution < 1.29 is 9.59 Å². The van der Waals surface area contributed by atoms with E-state index in [1.54, 1.807) is 0 Å². The van der Waals surface area contributed by atoms with Crippen LogP contribution in [0.15, 0.2) is 54.6 Å². The van der Waals surface area contributed by atoms with Crippen molar-refractivity contribution in [3.63, 3.8) is 0 Å². The second kappa shape index (κ2) is 10.4. The molecule has 0 aliphatic heterocycles. The number of aldehydes is 1. The van der Waals surface area contributed by atoms with Crippen molar-refractivity contribution in [2.24, 2.45) is 0 Å². The van der Waals surface area contributed by atoms with Gasteiger partial charge < -0.3 is 10.1 Å². The van der Waals surface area contributed by atoms with E-state index in [2.05, 4.69) is 17.4 Å². The Balaban J connectivity index is 1.65. The van der Waals surface area contributed by atoms with E-state index in [0.717, 1.165) is 44.1 Å². The number of hydrogen-bond donors (Lipinski definition) is 1. The maximum Gasteiger partial charge on any atom is 0.224 e. The second-order valence-corrected chi connectivity index (χ2v) is 6.00. The highest BCUT2D eigenvalue weighted by molar-refractivity contribution is 5.90. The van der Waals surface area contributed by atoms with Gasteiger partial charge in [0.25, 0.3) is 0 Å². The van der Waals surface area contributed by atoms with E-state index in [1.165, 1.54) is 11.1 Å². The summed E-state index contributed by atoms with van der Waals surface area (Å²) >= 11 is 0. The van der Waals surface area contributed by atoms with Crippen molar-refractivity contribution in [1.29, 1.82) is 0 Å². The van der Waals surface area contributed by atoms with Crippen molar-refractivity contribution in [2.75, 3.05) is 5.32 Å². The lowest BCUT2D eigenvalue weighted by Gasteiger charge is -2.07. The molecule has 0 atom stereocenters. The molecule has 2 aromatic rings. The van der Waals surface area contributed by atoms with E-state index in [-0.39, 0.29) is 5.91 Å². The largest absolute Gasteiger partial charge is 0.326 e. The molecule has 0 radical (unpaired) electrons. The van der Waals surface area contributed by atoms with Gasteiger partial charge in [-0.15, -0.1) is 0 Å². The van der Waals surface area contributed by atoms with Crippen molar-refractivity contribution in [3.8, 4) is 0 Å². The lowest BCUT2D eigenvalue weighted by molar-refractivity contribution is -0.116. The Kier molecular flexibility index (Phi) is 7.75. The minimum atomic E-state index is 0.0665. The van der Waals surface area contributed by atoms with Crippen LogP contribution in [0.4, 0.5) is 5.69 Å². The molecule has 0 aliphatic carbocycles. The Bertz CT molecular complexity index is 620. The van der Waals surface area contributed by atoms with Crippen LogP contribution >= 0.6 is 0 Å². The number of anilines is 1. The fraction of sp³-hybridized carbons (Fsp3) is 0.333. The zero-order chi connectivity index (χ0) is 17.0. The Morgan fingerprint density at radius 1 is 0.833 bits per heavy atom. The molecule has 3 heteroatoms. The van der Waals surface area contributed by atoms with Gasteiger partial charge in [-0.25, -0.2) is 0 Å². The van der Waals surface area contributed by atoms with Crippen LogP contribution in [-0.4, -0.2) is 12.2 Å². The first-order valence-corrected chi connectivity index (χ1v) is 8.64. The molecule has 24 heavy (non-hydrogen) atoms. The van der Waals surface area contributed by atoms with Crippen LogP contribution in [0.5, 0.6) is 0 Å². The number of aryl methyl sites for hydroxylation is 2. The monoisotopic (exact) mass is 323 g/mol. The summed E-state index contributed by atoms with van der Waals surface area (Å²) in [5, 5.41) is 2.94. The Labute approximate surface area is 144 Å². The second-order valence-electron chi connectivity index (χ2n) is 6.00. The number of carbonyl (C=O) groups excluding carboxylic acids is 2. The van der Waals surface area contributed by atoms with Gasteiger partial charge in [-0.2, -0.15) is 0 Å². The maximum absolute atomic E-state index is 12.0. The van der Waals surface area contributed by atoms with E-state index in [4.69, 9.17) is 0 Å². The summed E-state index contributed by atoms with van der Waals surface area (Å²) in [7, 11) is 0. The molecular weight excluding hydrogens is 298 g/mol. The predicted octanol–water partition coefficient (Wildman–Crippen LogP) is 4.56. The standard InChI is InChI=1S/C21H25NO2/c23-17-7-6-11-19-13-15-20(16-14-19)22-21(24)12-5-4-10-18-8-2-1-3-9-18/h1-3,8-9,13-17H,4-7,10-12H2,(H,22,24). The van der Waals surface area contributed by atoms with E-state index < -0.39 is 0 Å². The predicted molar refractivity (Wildman–Crippen MR) is 98.1 cm³/mol. The van der Waals surface area contributed by atoms with Gasteiger partial charge in [0.05, 0.1) is 0 Å². The molecule has 126 valence electrons. The highest BCUT2D eigenvalue weighted by atomic mass is 16.1. The third-order valence-corrected chi connectivity index (χ3v) is 3.99. The smallest absolute Gasteiger partial charge is 0.224 e. The van der Waals surface area contributed by atoms with E-state index in [1.807, 2.05) is 42.5 Å². The summed E-state index contributed by atoms with van der Waals surface area (Å²) in [5.74, 6) is 0.0665. The van der Waals surface area contributed by atoms with Crippen LogP contribution in [0.25, 0.3) is 0 Å². The SMILES string of the molecule is O=CCCCc1ccc(NC(=O)CCCCc2ccccc2)cc1. The highest BCUT2D eigenvalue weighted by Gasteiger charge is 2.03.